The van der Waals surface area contributed by atoms with E-state index in [-0.39, 0.29) is 23.0 Å². The number of carbonyl (C=O) groups excluding carboxylic acids is 1. The molecule has 2 rings (SSSR count). The summed E-state index contributed by atoms with van der Waals surface area (Å²) in [4.78, 5) is 12.0. The number of hydrogen-bond donors (Lipinski definition) is 4. The summed E-state index contributed by atoms with van der Waals surface area (Å²) in [7, 11) is 0. The largest absolute Gasteiger partial charge is 0.508 e. The molecular weight excluding hydrogens is 244 g/mol. The highest BCUT2D eigenvalue weighted by atomic mass is 16.3. The summed E-state index contributed by atoms with van der Waals surface area (Å²) in [5, 5.41) is 25.0. The van der Waals surface area contributed by atoms with Gasteiger partial charge in [-0.3, -0.25) is 4.79 Å². The molecule has 1 aromatic rings. The first kappa shape index (κ1) is 13.7. The molecule has 0 bridgehead atoms. The lowest BCUT2D eigenvalue weighted by Crippen LogP contribution is -2.42. The number of aromatic hydroxyl groups is 2. The molecule has 0 spiro atoms. The van der Waals surface area contributed by atoms with E-state index in [9.17, 15) is 15.0 Å². The zero-order chi connectivity index (χ0) is 13.8. The predicted octanol–water partition coefficient (Wildman–Crippen LogP) is 1.07. The molecule has 1 aliphatic heterocycles. The highest BCUT2D eigenvalue weighted by Crippen LogP contribution is 2.23. The molecule has 0 radical (unpaired) electrons. The second-order valence-corrected chi connectivity index (χ2v) is 5.14. The van der Waals surface area contributed by atoms with Crippen molar-refractivity contribution >= 4 is 5.91 Å². The van der Waals surface area contributed by atoms with Gasteiger partial charge in [-0.1, -0.05) is 6.92 Å². The molecule has 2 atom stereocenters. The minimum absolute atomic E-state index is 0.0563. The maximum atomic E-state index is 12.0. The van der Waals surface area contributed by atoms with Crippen LogP contribution < -0.4 is 10.6 Å². The molecule has 104 valence electrons. The van der Waals surface area contributed by atoms with Crippen LogP contribution in [0, 0.1) is 11.8 Å². The third-order valence-corrected chi connectivity index (χ3v) is 3.74. The van der Waals surface area contributed by atoms with Crippen LogP contribution in [0.5, 0.6) is 11.5 Å². The molecule has 5 heteroatoms. The zero-order valence-corrected chi connectivity index (χ0v) is 11.0. The van der Waals surface area contributed by atoms with Crippen molar-refractivity contribution in [1.29, 1.82) is 0 Å². The molecule has 0 saturated carbocycles. The van der Waals surface area contributed by atoms with Crippen molar-refractivity contribution in [3.63, 3.8) is 0 Å². The van der Waals surface area contributed by atoms with Gasteiger partial charge in [0.15, 0.2) is 0 Å². The second-order valence-electron chi connectivity index (χ2n) is 5.14. The van der Waals surface area contributed by atoms with Crippen LogP contribution in [0.4, 0.5) is 0 Å². The third kappa shape index (κ3) is 3.38. The number of carbonyl (C=O) groups is 1. The van der Waals surface area contributed by atoms with E-state index in [2.05, 4.69) is 17.6 Å². The molecule has 4 N–H and O–H groups in total. The van der Waals surface area contributed by atoms with Crippen LogP contribution >= 0.6 is 0 Å². The molecule has 1 saturated heterocycles. The Morgan fingerprint density at radius 1 is 1.47 bits per heavy atom. The molecule has 1 aromatic carbocycles. The van der Waals surface area contributed by atoms with Gasteiger partial charge in [-0.25, -0.2) is 0 Å². The Bertz CT molecular complexity index is 462. The number of phenolic OH excluding ortho intramolecular Hbond substituents is 2. The van der Waals surface area contributed by atoms with E-state index in [1.165, 1.54) is 18.2 Å². The van der Waals surface area contributed by atoms with Gasteiger partial charge in [0.1, 0.15) is 11.5 Å². The summed E-state index contributed by atoms with van der Waals surface area (Å²) < 4.78 is 0. The number of phenols is 2. The Hall–Kier alpha value is -1.75. The van der Waals surface area contributed by atoms with Gasteiger partial charge in [-0.2, -0.15) is 0 Å². The van der Waals surface area contributed by atoms with Gasteiger partial charge >= 0.3 is 0 Å². The molecule has 1 fully saturated rings. The summed E-state index contributed by atoms with van der Waals surface area (Å²) in [6, 6.07) is 3.97. The maximum absolute atomic E-state index is 12.0. The maximum Gasteiger partial charge on any atom is 0.255 e. The van der Waals surface area contributed by atoms with Gasteiger partial charge in [-0.15, -0.1) is 0 Å². The minimum Gasteiger partial charge on any atom is -0.508 e. The fourth-order valence-corrected chi connectivity index (χ4v) is 2.36. The SMILES string of the molecule is CC1CCNCC1CNC(=O)c1ccc(O)cc1O. The van der Waals surface area contributed by atoms with Crippen LogP contribution in [0.25, 0.3) is 0 Å². The molecule has 1 aliphatic rings. The van der Waals surface area contributed by atoms with Crippen LogP contribution in [0.1, 0.15) is 23.7 Å². The van der Waals surface area contributed by atoms with Crippen molar-refractivity contribution < 1.29 is 15.0 Å². The average Bonchev–Trinajstić information content (AvgIpc) is 2.37. The lowest BCUT2D eigenvalue weighted by molar-refractivity contribution is 0.0936. The van der Waals surface area contributed by atoms with Gasteiger partial charge in [0.05, 0.1) is 5.56 Å². The fraction of sp³-hybridized carbons (Fsp3) is 0.500. The summed E-state index contributed by atoms with van der Waals surface area (Å²) in [5.41, 5.74) is 0.189. The number of amides is 1. The van der Waals surface area contributed by atoms with Gasteiger partial charge in [0.25, 0.3) is 5.91 Å². The van der Waals surface area contributed by atoms with Crippen LogP contribution in [-0.4, -0.2) is 35.8 Å². The van der Waals surface area contributed by atoms with Gasteiger partial charge in [0.2, 0.25) is 0 Å². The fourth-order valence-electron chi connectivity index (χ4n) is 2.36. The number of benzene rings is 1. The lowest BCUT2D eigenvalue weighted by atomic mass is 9.88. The Morgan fingerprint density at radius 3 is 2.95 bits per heavy atom. The van der Waals surface area contributed by atoms with E-state index in [1.807, 2.05) is 0 Å². The van der Waals surface area contributed by atoms with E-state index >= 15 is 0 Å². The van der Waals surface area contributed by atoms with Crippen molar-refractivity contribution in [2.45, 2.75) is 13.3 Å². The summed E-state index contributed by atoms with van der Waals surface area (Å²) in [6.07, 6.45) is 1.12. The summed E-state index contributed by atoms with van der Waals surface area (Å²) in [6.45, 7) is 4.72. The molecule has 2 unspecified atom stereocenters. The van der Waals surface area contributed by atoms with Crippen molar-refractivity contribution in [2.24, 2.45) is 11.8 Å². The van der Waals surface area contributed by atoms with E-state index in [1.54, 1.807) is 0 Å². The Kier molecular flexibility index (Phi) is 4.27. The topological polar surface area (TPSA) is 81.6 Å². The van der Waals surface area contributed by atoms with Gasteiger partial charge in [-0.05, 0) is 43.5 Å². The van der Waals surface area contributed by atoms with Crippen molar-refractivity contribution in [2.75, 3.05) is 19.6 Å². The molecular formula is C14H20N2O3. The first-order valence-corrected chi connectivity index (χ1v) is 6.59. The monoisotopic (exact) mass is 264 g/mol. The van der Waals surface area contributed by atoms with E-state index in [0.29, 0.717) is 18.4 Å². The molecule has 0 aromatic heterocycles. The molecule has 5 nitrogen and oxygen atoms in total. The van der Waals surface area contributed by atoms with Crippen molar-refractivity contribution in [3.05, 3.63) is 23.8 Å². The normalized spacial score (nSPS) is 23.0. The van der Waals surface area contributed by atoms with Crippen LogP contribution in [0.3, 0.4) is 0 Å². The first-order valence-electron chi connectivity index (χ1n) is 6.59. The molecule has 0 aliphatic carbocycles. The smallest absolute Gasteiger partial charge is 0.255 e. The Balaban J connectivity index is 1.93. The van der Waals surface area contributed by atoms with E-state index in [4.69, 9.17) is 0 Å². The highest BCUT2D eigenvalue weighted by Gasteiger charge is 2.22. The van der Waals surface area contributed by atoms with Crippen molar-refractivity contribution in [1.82, 2.24) is 10.6 Å². The van der Waals surface area contributed by atoms with Gasteiger partial charge < -0.3 is 20.8 Å². The second kappa shape index (κ2) is 5.93. The Morgan fingerprint density at radius 2 is 2.26 bits per heavy atom. The van der Waals surface area contributed by atoms with Crippen LogP contribution in [0.15, 0.2) is 18.2 Å². The standard InChI is InChI=1S/C14H20N2O3/c1-9-4-5-15-7-10(9)8-16-14(19)12-3-2-11(17)6-13(12)18/h2-3,6,9-10,15,17-18H,4-5,7-8H2,1H3,(H,16,19). The van der Waals surface area contributed by atoms with E-state index < -0.39 is 0 Å². The number of piperidine rings is 1. The lowest BCUT2D eigenvalue weighted by Gasteiger charge is -2.29. The van der Waals surface area contributed by atoms with Crippen LogP contribution in [-0.2, 0) is 0 Å². The average molecular weight is 264 g/mol. The Labute approximate surface area is 112 Å². The van der Waals surface area contributed by atoms with Gasteiger partial charge in [0, 0.05) is 12.6 Å². The molecule has 19 heavy (non-hydrogen) atoms. The zero-order valence-electron chi connectivity index (χ0n) is 11.0. The van der Waals surface area contributed by atoms with E-state index in [0.717, 1.165) is 19.5 Å². The summed E-state index contributed by atoms with van der Waals surface area (Å²) >= 11 is 0. The number of rotatable bonds is 3. The minimum atomic E-state index is -0.310. The van der Waals surface area contributed by atoms with Crippen LogP contribution in [0.2, 0.25) is 0 Å². The predicted molar refractivity (Wildman–Crippen MR) is 72.2 cm³/mol. The molecule has 1 amide bonds. The number of hydrogen-bond acceptors (Lipinski definition) is 4. The highest BCUT2D eigenvalue weighted by molar-refractivity contribution is 5.96. The molecule has 1 heterocycles. The quantitative estimate of drug-likeness (QED) is 0.658. The number of nitrogens with one attached hydrogen (secondary N) is 2. The van der Waals surface area contributed by atoms with Crippen molar-refractivity contribution in [3.8, 4) is 11.5 Å². The first-order chi connectivity index (χ1) is 9.08. The third-order valence-electron chi connectivity index (χ3n) is 3.74. The summed E-state index contributed by atoms with van der Waals surface area (Å²) in [5.74, 6) is 0.425.